The van der Waals surface area contributed by atoms with Crippen LogP contribution < -0.4 is 24.8 Å². The molecule has 13 heteroatoms. The van der Waals surface area contributed by atoms with E-state index in [9.17, 15) is 13.9 Å². The smallest absolute Gasteiger partial charge is 0.297 e. The number of benzene rings is 1. The third kappa shape index (κ3) is 6.87. The summed E-state index contributed by atoms with van der Waals surface area (Å²) >= 11 is 0. The molecule has 3 heterocycles. The maximum absolute atomic E-state index is 13.6. The van der Waals surface area contributed by atoms with Crippen LogP contribution in [0.1, 0.15) is 24.7 Å². The number of aromatic nitrogens is 5. The maximum atomic E-state index is 13.6. The number of nitrogens with zero attached hydrogens (tertiary/aromatic N) is 5. The standard InChI is InChI=1S/C26H29F2N7O4/c1-15(36)13-35-14-17(11-31-35)19-12-30-22(8-21(19)39-4)32-24-9-23(33-26(34-24)25(27)28)29-10-16-5-6-18(37-2)7-20(16)38-3/h5-9,11-12,14-15,25,36H,10,13H2,1-4H3,(H2,29,30,32,33,34). The molecule has 206 valence electrons. The van der Waals surface area contributed by atoms with Crippen molar-refractivity contribution in [3.63, 3.8) is 0 Å². The predicted molar refractivity (Wildman–Crippen MR) is 141 cm³/mol. The van der Waals surface area contributed by atoms with E-state index in [0.717, 1.165) is 11.1 Å². The third-order valence-electron chi connectivity index (χ3n) is 5.63. The summed E-state index contributed by atoms with van der Waals surface area (Å²) < 4.78 is 45.0. The molecule has 0 spiro atoms. The van der Waals surface area contributed by atoms with E-state index in [0.29, 0.717) is 35.2 Å². The fourth-order valence-corrected chi connectivity index (χ4v) is 3.80. The Morgan fingerprint density at radius 3 is 2.41 bits per heavy atom. The molecule has 1 atom stereocenters. The lowest BCUT2D eigenvalue weighted by Crippen LogP contribution is -2.11. The molecule has 0 amide bonds. The van der Waals surface area contributed by atoms with Crippen LogP contribution in [0.15, 0.2) is 48.9 Å². The van der Waals surface area contributed by atoms with Gasteiger partial charge in [0.1, 0.15) is 34.7 Å². The van der Waals surface area contributed by atoms with E-state index < -0.39 is 18.4 Å². The SMILES string of the molecule is COc1ccc(CNc2cc(Nc3cc(OC)c(-c4cnn(CC(C)O)c4)cn3)nc(C(F)F)n2)c(OC)c1. The summed E-state index contributed by atoms with van der Waals surface area (Å²) in [7, 11) is 4.60. The zero-order chi connectivity index (χ0) is 27.9. The van der Waals surface area contributed by atoms with Crippen LogP contribution in [0.3, 0.4) is 0 Å². The molecular weight excluding hydrogens is 512 g/mol. The highest BCUT2D eigenvalue weighted by Crippen LogP contribution is 2.32. The summed E-state index contributed by atoms with van der Waals surface area (Å²) in [5, 5.41) is 19.8. The van der Waals surface area contributed by atoms with E-state index in [1.54, 1.807) is 55.5 Å². The molecular formula is C26H29F2N7O4. The van der Waals surface area contributed by atoms with Crippen LogP contribution in [0.5, 0.6) is 17.2 Å². The number of hydrogen-bond donors (Lipinski definition) is 3. The van der Waals surface area contributed by atoms with Gasteiger partial charge in [-0.3, -0.25) is 4.68 Å². The second-order valence-corrected chi connectivity index (χ2v) is 8.52. The van der Waals surface area contributed by atoms with Gasteiger partial charge in [-0.25, -0.2) is 23.7 Å². The van der Waals surface area contributed by atoms with E-state index in [4.69, 9.17) is 14.2 Å². The van der Waals surface area contributed by atoms with Crippen molar-refractivity contribution in [3.8, 4) is 28.4 Å². The molecule has 1 unspecified atom stereocenters. The van der Waals surface area contributed by atoms with E-state index in [1.165, 1.54) is 20.3 Å². The summed E-state index contributed by atoms with van der Waals surface area (Å²) in [6.07, 6.45) is 1.56. The summed E-state index contributed by atoms with van der Waals surface area (Å²) in [5.74, 6) is 1.69. The number of pyridine rings is 1. The fraction of sp³-hybridized carbons (Fsp3) is 0.308. The van der Waals surface area contributed by atoms with Crippen LogP contribution in [0.4, 0.5) is 26.2 Å². The molecule has 0 aliphatic rings. The first-order valence-corrected chi connectivity index (χ1v) is 11.9. The molecule has 3 aromatic heterocycles. The second-order valence-electron chi connectivity index (χ2n) is 8.52. The Hall–Kier alpha value is -4.52. The molecule has 39 heavy (non-hydrogen) atoms. The minimum atomic E-state index is -2.88. The fourth-order valence-electron chi connectivity index (χ4n) is 3.80. The lowest BCUT2D eigenvalue weighted by molar-refractivity contribution is 0.140. The molecule has 1 aromatic carbocycles. The van der Waals surface area contributed by atoms with Gasteiger partial charge in [-0.15, -0.1) is 0 Å². The number of rotatable bonds is 12. The van der Waals surface area contributed by atoms with E-state index in [-0.39, 0.29) is 18.2 Å². The number of aliphatic hydroxyl groups is 1. The Balaban J connectivity index is 1.55. The molecule has 0 saturated carbocycles. The molecule has 3 N–H and O–H groups in total. The van der Waals surface area contributed by atoms with Gasteiger partial charge in [0.2, 0.25) is 0 Å². The first kappa shape index (κ1) is 27.5. The number of alkyl halides is 2. The molecule has 0 aliphatic heterocycles. The largest absolute Gasteiger partial charge is 0.497 e. The Labute approximate surface area is 223 Å². The van der Waals surface area contributed by atoms with Gasteiger partial charge in [-0.2, -0.15) is 5.10 Å². The van der Waals surface area contributed by atoms with Crippen molar-refractivity contribution in [2.24, 2.45) is 0 Å². The Morgan fingerprint density at radius 2 is 1.72 bits per heavy atom. The number of hydrogen-bond acceptors (Lipinski definition) is 10. The maximum Gasteiger partial charge on any atom is 0.297 e. The Kier molecular flexibility index (Phi) is 8.71. The van der Waals surface area contributed by atoms with Gasteiger partial charge in [-0.05, 0) is 19.1 Å². The average Bonchev–Trinajstić information content (AvgIpc) is 3.38. The van der Waals surface area contributed by atoms with Gasteiger partial charge < -0.3 is 30.0 Å². The third-order valence-corrected chi connectivity index (χ3v) is 5.63. The number of aliphatic hydroxyl groups excluding tert-OH is 1. The van der Waals surface area contributed by atoms with Crippen molar-refractivity contribution in [3.05, 3.63) is 60.3 Å². The van der Waals surface area contributed by atoms with Crippen molar-refractivity contribution in [2.45, 2.75) is 32.5 Å². The van der Waals surface area contributed by atoms with Crippen LogP contribution in [0.2, 0.25) is 0 Å². The summed E-state index contributed by atoms with van der Waals surface area (Å²) in [6.45, 7) is 2.28. The van der Waals surface area contributed by atoms with Gasteiger partial charge in [-0.1, -0.05) is 0 Å². The van der Waals surface area contributed by atoms with Crippen molar-refractivity contribution in [1.82, 2.24) is 24.7 Å². The highest BCUT2D eigenvalue weighted by Gasteiger charge is 2.16. The molecule has 0 bridgehead atoms. The number of methoxy groups -OCH3 is 3. The van der Waals surface area contributed by atoms with E-state index >= 15 is 0 Å². The summed E-state index contributed by atoms with van der Waals surface area (Å²) in [4.78, 5) is 12.3. The average molecular weight is 542 g/mol. The monoisotopic (exact) mass is 541 g/mol. The van der Waals surface area contributed by atoms with Crippen LogP contribution in [-0.2, 0) is 13.1 Å². The minimum absolute atomic E-state index is 0.122. The van der Waals surface area contributed by atoms with Crippen LogP contribution >= 0.6 is 0 Å². The zero-order valence-corrected chi connectivity index (χ0v) is 21.9. The number of halogens is 2. The Bertz CT molecular complexity index is 1420. The van der Waals surface area contributed by atoms with Crippen molar-refractivity contribution >= 4 is 17.5 Å². The second kappa shape index (κ2) is 12.3. The van der Waals surface area contributed by atoms with Crippen LogP contribution in [0.25, 0.3) is 11.1 Å². The van der Waals surface area contributed by atoms with E-state index in [1.807, 2.05) is 6.07 Å². The highest BCUT2D eigenvalue weighted by atomic mass is 19.3. The summed E-state index contributed by atoms with van der Waals surface area (Å²) in [6, 6.07) is 8.45. The molecule has 0 radical (unpaired) electrons. The van der Waals surface area contributed by atoms with Crippen molar-refractivity contribution in [2.75, 3.05) is 32.0 Å². The predicted octanol–water partition coefficient (Wildman–Crippen LogP) is 4.44. The van der Waals surface area contributed by atoms with Crippen LogP contribution in [0, 0.1) is 0 Å². The highest BCUT2D eigenvalue weighted by molar-refractivity contribution is 5.71. The first-order valence-electron chi connectivity index (χ1n) is 11.9. The van der Waals surface area contributed by atoms with Gasteiger partial charge in [0.25, 0.3) is 6.43 Å². The van der Waals surface area contributed by atoms with Gasteiger partial charge in [0.05, 0.1) is 40.2 Å². The number of nitrogens with one attached hydrogen (secondary N) is 2. The Morgan fingerprint density at radius 1 is 0.949 bits per heavy atom. The summed E-state index contributed by atoms with van der Waals surface area (Å²) in [5.41, 5.74) is 2.20. The lowest BCUT2D eigenvalue weighted by Gasteiger charge is -2.14. The van der Waals surface area contributed by atoms with Gasteiger partial charge >= 0.3 is 0 Å². The van der Waals surface area contributed by atoms with Gasteiger partial charge in [0.15, 0.2) is 5.82 Å². The minimum Gasteiger partial charge on any atom is -0.497 e. The van der Waals surface area contributed by atoms with Crippen LogP contribution in [-0.4, -0.2) is 57.3 Å². The number of ether oxygens (including phenoxy) is 3. The molecule has 11 nitrogen and oxygen atoms in total. The lowest BCUT2D eigenvalue weighted by atomic mass is 10.1. The molecule has 0 saturated heterocycles. The number of anilines is 3. The van der Waals surface area contributed by atoms with Crippen molar-refractivity contribution < 1.29 is 28.1 Å². The molecule has 0 fully saturated rings. The van der Waals surface area contributed by atoms with E-state index in [2.05, 4.69) is 30.7 Å². The first-order chi connectivity index (χ1) is 18.8. The quantitative estimate of drug-likeness (QED) is 0.237. The molecule has 0 aliphatic carbocycles. The van der Waals surface area contributed by atoms with Gasteiger partial charge in [0, 0.05) is 53.8 Å². The molecule has 4 rings (SSSR count). The normalized spacial score (nSPS) is 11.8. The molecule has 4 aromatic rings. The topological polar surface area (TPSA) is 128 Å². The zero-order valence-electron chi connectivity index (χ0n) is 21.9. The van der Waals surface area contributed by atoms with Crippen molar-refractivity contribution in [1.29, 1.82) is 0 Å².